The Morgan fingerprint density at radius 2 is 2.17 bits per heavy atom. The molecule has 2 aliphatic rings. The molecule has 4 atom stereocenters. The Kier molecular flexibility index (Phi) is 1.81. The lowest BCUT2D eigenvalue weighted by atomic mass is 9.85. The van der Waals surface area contributed by atoms with Gasteiger partial charge in [0.2, 0.25) is 0 Å². The van der Waals surface area contributed by atoms with Gasteiger partial charge in [-0.25, -0.2) is 9.18 Å². The Labute approximate surface area is 70.8 Å². The second-order valence-corrected chi connectivity index (χ2v) is 4.08. The van der Waals surface area contributed by atoms with E-state index in [1.165, 1.54) is 6.42 Å². The van der Waals surface area contributed by atoms with E-state index in [1.54, 1.807) is 0 Å². The third kappa shape index (κ3) is 1.11. The molecule has 0 heterocycles. The zero-order chi connectivity index (χ0) is 8.72. The van der Waals surface area contributed by atoms with Crippen molar-refractivity contribution in [1.29, 1.82) is 0 Å². The summed E-state index contributed by atoms with van der Waals surface area (Å²) < 4.78 is 13.1. The van der Waals surface area contributed by atoms with Gasteiger partial charge in [-0.15, -0.1) is 0 Å². The zero-order valence-corrected chi connectivity index (χ0v) is 6.87. The molecule has 2 bridgehead atoms. The SMILES string of the molecule is O=C(O)C(F)C1CC2CCC1C2. The summed E-state index contributed by atoms with van der Waals surface area (Å²) in [6.07, 6.45) is 2.49. The van der Waals surface area contributed by atoms with Crippen molar-refractivity contribution in [2.24, 2.45) is 17.8 Å². The molecule has 0 radical (unpaired) electrons. The predicted octanol–water partition coefficient (Wildman–Crippen LogP) is 1.85. The Balaban J connectivity index is 2.02. The molecule has 2 fully saturated rings. The van der Waals surface area contributed by atoms with Crippen LogP contribution in [-0.2, 0) is 4.79 Å². The highest BCUT2D eigenvalue weighted by Gasteiger charge is 2.45. The van der Waals surface area contributed by atoms with Crippen LogP contribution in [0.25, 0.3) is 0 Å². The number of rotatable bonds is 2. The standard InChI is InChI=1S/C9H13FO2/c10-8(9(11)12)7-4-5-1-2-6(7)3-5/h5-8H,1-4H2,(H,11,12). The fourth-order valence-corrected chi connectivity index (χ4v) is 2.84. The summed E-state index contributed by atoms with van der Waals surface area (Å²) in [5.41, 5.74) is 0. The van der Waals surface area contributed by atoms with Gasteiger partial charge in [0.05, 0.1) is 0 Å². The molecule has 0 aromatic heterocycles. The Bertz CT molecular complexity index is 205. The van der Waals surface area contributed by atoms with Crippen LogP contribution in [0, 0.1) is 17.8 Å². The van der Waals surface area contributed by atoms with Gasteiger partial charge < -0.3 is 5.11 Å². The van der Waals surface area contributed by atoms with Crippen LogP contribution in [0.5, 0.6) is 0 Å². The van der Waals surface area contributed by atoms with Gasteiger partial charge in [-0.3, -0.25) is 0 Å². The van der Waals surface area contributed by atoms with Crippen molar-refractivity contribution < 1.29 is 14.3 Å². The molecule has 2 nitrogen and oxygen atoms in total. The molecular formula is C9H13FO2. The topological polar surface area (TPSA) is 37.3 Å². The average molecular weight is 172 g/mol. The average Bonchev–Trinajstić information content (AvgIpc) is 2.62. The van der Waals surface area contributed by atoms with E-state index >= 15 is 0 Å². The van der Waals surface area contributed by atoms with Crippen molar-refractivity contribution in [3.05, 3.63) is 0 Å². The van der Waals surface area contributed by atoms with E-state index in [1.807, 2.05) is 0 Å². The smallest absolute Gasteiger partial charge is 0.338 e. The van der Waals surface area contributed by atoms with Crippen molar-refractivity contribution in [3.8, 4) is 0 Å². The third-order valence-corrected chi connectivity index (χ3v) is 3.40. The van der Waals surface area contributed by atoms with Crippen LogP contribution in [0.2, 0.25) is 0 Å². The monoisotopic (exact) mass is 172 g/mol. The molecule has 12 heavy (non-hydrogen) atoms. The Morgan fingerprint density at radius 3 is 2.58 bits per heavy atom. The molecule has 4 unspecified atom stereocenters. The van der Waals surface area contributed by atoms with E-state index in [2.05, 4.69) is 0 Å². The highest BCUT2D eigenvalue weighted by molar-refractivity contribution is 5.72. The van der Waals surface area contributed by atoms with E-state index in [4.69, 9.17) is 5.11 Å². The molecule has 68 valence electrons. The van der Waals surface area contributed by atoms with Crippen molar-refractivity contribution in [3.63, 3.8) is 0 Å². The summed E-state index contributed by atoms with van der Waals surface area (Å²) in [5.74, 6) is -0.465. The second-order valence-electron chi connectivity index (χ2n) is 4.08. The number of hydrogen-bond donors (Lipinski definition) is 1. The first-order valence-electron chi connectivity index (χ1n) is 4.55. The van der Waals surface area contributed by atoms with Gasteiger partial charge in [0.15, 0.2) is 6.17 Å². The molecule has 0 saturated heterocycles. The first-order chi connectivity index (χ1) is 5.68. The quantitative estimate of drug-likeness (QED) is 0.690. The van der Waals surface area contributed by atoms with Gasteiger partial charge in [-0.2, -0.15) is 0 Å². The highest BCUT2D eigenvalue weighted by Crippen LogP contribution is 2.50. The molecule has 0 aromatic rings. The molecule has 1 N–H and O–H groups in total. The number of carboxylic acid groups (broad SMARTS) is 1. The van der Waals surface area contributed by atoms with Crippen molar-refractivity contribution in [2.45, 2.75) is 31.9 Å². The van der Waals surface area contributed by atoms with Crippen LogP contribution >= 0.6 is 0 Å². The number of aliphatic carboxylic acids is 1. The molecule has 0 amide bonds. The van der Waals surface area contributed by atoms with Gasteiger partial charge in [-0.05, 0) is 31.1 Å². The number of alkyl halides is 1. The first kappa shape index (κ1) is 8.02. The minimum Gasteiger partial charge on any atom is -0.479 e. The van der Waals surface area contributed by atoms with E-state index < -0.39 is 12.1 Å². The van der Waals surface area contributed by atoms with Gasteiger partial charge in [0.25, 0.3) is 0 Å². The summed E-state index contributed by atoms with van der Waals surface area (Å²) in [7, 11) is 0. The van der Waals surface area contributed by atoms with Crippen LogP contribution in [0.3, 0.4) is 0 Å². The number of hydrogen-bond acceptors (Lipinski definition) is 1. The molecule has 2 aliphatic carbocycles. The summed E-state index contributed by atoms with van der Waals surface area (Å²) in [5, 5.41) is 8.50. The van der Waals surface area contributed by atoms with Gasteiger partial charge in [0.1, 0.15) is 0 Å². The molecule has 0 aromatic carbocycles. The van der Waals surface area contributed by atoms with Crippen molar-refractivity contribution in [2.75, 3.05) is 0 Å². The maximum Gasteiger partial charge on any atom is 0.338 e. The Morgan fingerprint density at radius 1 is 1.42 bits per heavy atom. The molecule has 2 rings (SSSR count). The lowest BCUT2D eigenvalue weighted by molar-refractivity contribution is -0.145. The van der Waals surface area contributed by atoms with E-state index in [9.17, 15) is 9.18 Å². The number of halogens is 1. The normalized spacial score (nSPS) is 41.6. The minimum absolute atomic E-state index is 0.179. The second kappa shape index (κ2) is 2.71. The van der Waals surface area contributed by atoms with Crippen LogP contribution in [0.1, 0.15) is 25.7 Å². The fourth-order valence-electron chi connectivity index (χ4n) is 2.84. The van der Waals surface area contributed by atoms with Crippen molar-refractivity contribution >= 4 is 5.97 Å². The number of carbonyl (C=O) groups is 1. The third-order valence-electron chi connectivity index (χ3n) is 3.40. The summed E-state index contributed by atoms with van der Waals surface area (Å²) in [6, 6.07) is 0. The van der Waals surface area contributed by atoms with Crippen LogP contribution < -0.4 is 0 Å². The van der Waals surface area contributed by atoms with Crippen LogP contribution in [-0.4, -0.2) is 17.2 Å². The van der Waals surface area contributed by atoms with E-state index in [0.717, 1.165) is 19.3 Å². The van der Waals surface area contributed by atoms with Gasteiger partial charge in [0, 0.05) is 5.92 Å². The fraction of sp³-hybridized carbons (Fsp3) is 0.889. The molecule has 0 aliphatic heterocycles. The highest BCUT2D eigenvalue weighted by atomic mass is 19.1. The van der Waals surface area contributed by atoms with Gasteiger partial charge in [-0.1, -0.05) is 6.42 Å². The Hall–Kier alpha value is -0.600. The predicted molar refractivity (Wildman–Crippen MR) is 41.5 cm³/mol. The molecule has 0 spiro atoms. The lowest BCUT2D eigenvalue weighted by Crippen LogP contribution is -2.29. The van der Waals surface area contributed by atoms with E-state index in [0.29, 0.717) is 11.8 Å². The maximum atomic E-state index is 13.1. The van der Waals surface area contributed by atoms with Crippen molar-refractivity contribution in [1.82, 2.24) is 0 Å². The summed E-state index contributed by atoms with van der Waals surface area (Å²) in [4.78, 5) is 10.4. The molecule has 2 saturated carbocycles. The number of carboxylic acids is 1. The van der Waals surface area contributed by atoms with Crippen LogP contribution in [0.15, 0.2) is 0 Å². The zero-order valence-electron chi connectivity index (χ0n) is 6.87. The lowest BCUT2D eigenvalue weighted by Gasteiger charge is -2.22. The van der Waals surface area contributed by atoms with Crippen LogP contribution in [0.4, 0.5) is 4.39 Å². The van der Waals surface area contributed by atoms with Gasteiger partial charge >= 0.3 is 5.97 Å². The first-order valence-corrected chi connectivity index (χ1v) is 4.55. The molecule has 3 heteroatoms. The summed E-state index contributed by atoms with van der Waals surface area (Å²) in [6.45, 7) is 0. The van der Waals surface area contributed by atoms with E-state index in [-0.39, 0.29) is 5.92 Å². The molecular weight excluding hydrogens is 159 g/mol. The largest absolute Gasteiger partial charge is 0.479 e. The number of fused-ring (bicyclic) bond motifs is 2. The minimum atomic E-state index is -1.61. The summed E-state index contributed by atoms with van der Waals surface area (Å²) >= 11 is 0. The maximum absolute atomic E-state index is 13.1.